The third-order valence-corrected chi connectivity index (χ3v) is 5.98. The number of rotatable bonds is 9. The van der Waals surface area contributed by atoms with Gasteiger partial charge in [-0.2, -0.15) is 0 Å². The van der Waals surface area contributed by atoms with E-state index in [0.29, 0.717) is 47.0 Å². The fraction of sp³-hybridized carbons (Fsp3) is 0.179. The van der Waals surface area contributed by atoms with E-state index >= 15 is 0 Å². The largest absolute Gasteiger partial charge is 0.465 e. The molecule has 2 aliphatic heterocycles. The van der Waals surface area contributed by atoms with Gasteiger partial charge in [0.25, 0.3) is 0 Å². The Labute approximate surface area is 219 Å². The van der Waals surface area contributed by atoms with Crippen molar-refractivity contribution in [3.63, 3.8) is 0 Å². The van der Waals surface area contributed by atoms with Gasteiger partial charge < -0.3 is 28.7 Å². The molecular weight excluding hydrogens is 486 g/mol. The van der Waals surface area contributed by atoms with Crippen molar-refractivity contribution < 1.29 is 23.7 Å². The van der Waals surface area contributed by atoms with Gasteiger partial charge >= 0.3 is 0 Å². The first-order chi connectivity index (χ1) is 18.8. The Morgan fingerprint density at radius 2 is 2.00 bits per heavy atom. The summed E-state index contributed by atoms with van der Waals surface area (Å²) in [5.41, 5.74) is 2.79. The zero-order chi connectivity index (χ0) is 25.6. The van der Waals surface area contributed by atoms with Gasteiger partial charge in [0.05, 0.1) is 5.56 Å². The number of hydrogen-bond acceptors (Lipinski definition) is 9. The van der Waals surface area contributed by atoms with Crippen molar-refractivity contribution in [3.05, 3.63) is 114 Å². The topological polar surface area (TPSA) is 113 Å². The monoisotopic (exact) mass is 511 g/mol. The molecule has 1 aliphatic carbocycles. The van der Waals surface area contributed by atoms with Gasteiger partial charge in [-0.25, -0.2) is 4.98 Å². The van der Waals surface area contributed by atoms with Gasteiger partial charge in [0.15, 0.2) is 29.7 Å². The van der Waals surface area contributed by atoms with Crippen molar-refractivity contribution in [1.29, 1.82) is 0 Å². The van der Waals surface area contributed by atoms with Crippen LogP contribution in [0.25, 0.3) is 11.4 Å². The summed E-state index contributed by atoms with van der Waals surface area (Å²) in [6.07, 6.45) is 14.4. The van der Waals surface area contributed by atoms with Crippen LogP contribution >= 0.6 is 0 Å². The summed E-state index contributed by atoms with van der Waals surface area (Å²) >= 11 is 0. The summed E-state index contributed by atoms with van der Waals surface area (Å²) in [5.74, 6) is 2.86. The van der Waals surface area contributed by atoms with Crippen LogP contribution in [0, 0.1) is 0 Å². The van der Waals surface area contributed by atoms with Crippen molar-refractivity contribution in [2.45, 2.75) is 25.4 Å². The van der Waals surface area contributed by atoms with Crippen LogP contribution in [0.5, 0.6) is 5.88 Å². The molecule has 0 fully saturated rings. The highest BCUT2D eigenvalue weighted by molar-refractivity contribution is 5.62. The highest BCUT2D eigenvalue weighted by Crippen LogP contribution is 2.30. The van der Waals surface area contributed by atoms with Crippen LogP contribution < -0.4 is 10.1 Å². The molecule has 3 aromatic rings. The molecule has 0 saturated carbocycles. The molecule has 10 nitrogen and oxygen atoms in total. The van der Waals surface area contributed by atoms with E-state index in [1.807, 2.05) is 54.6 Å². The maximum Gasteiger partial charge on any atom is 0.235 e. The Balaban J connectivity index is 1.18. The quantitative estimate of drug-likeness (QED) is 0.406. The minimum Gasteiger partial charge on any atom is -0.465 e. The zero-order valence-corrected chi connectivity index (χ0v) is 20.4. The van der Waals surface area contributed by atoms with E-state index < -0.39 is 6.10 Å². The van der Waals surface area contributed by atoms with Crippen LogP contribution in [0.15, 0.2) is 109 Å². The molecule has 10 heteroatoms. The van der Waals surface area contributed by atoms with Gasteiger partial charge in [0, 0.05) is 12.6 Å². The Morgan fingerprint density at radius 1 is 1.05 bits per heavy atom. The minimum atomic E-state index is -0.443. The SMILES string of the molecule is C1=CCCC(C2=COC=C(Nc3nnc(-c4cccnc4OC(Cc4ccccc4)C4=COCO4)[nH]3)O2)=C1. The number of pyridine rings is 1. The molecule has 2 aromatic heterocycles. The third kappa shape index (κ3) is 5.39. The van der Waals surface area contributed by atoms with Crippen molar-refractivity contribution in [3.8, 4) is 17.3 Å². The number of benzene rings is 1. The maximum absolute atomic E-state index is 6.36. The van der Waals surface area contributed by atoms with Gasteiger partial charge in [-0.15, -0.1) is 10.2 Å². The van der Waals surface area contributed by atoms with Crippen LogP contribution in [0.1, 0.15) is 18.4 Å². The lowest BCUT2D eigenvalue weighted by Gasteiger charge is -2.19. The number of nitrogens with zero attached hydrogens (tertiary/aromatic N) is 3. The number of anilines is 1. The maximum atomic E-state index is 6.36. The fourth-order valence-corrected chi connectivity index (χ4v) is 4.13. The van der Waals surface area contributed by atoms with E-state index in [2.05, 4.69) is 31.6 Å². The van der Waals surface area contributed by atoms with E-state index in [0.717, 1.165) is 24.0 Å². The predicted molar refractivity (Wildman–Crippen MR) is 138 cm³/mol. The zero-order valence-electron chi connectivity index (χ0n) is 20.4. The van der Waals surface area contributed by atoms with E-state index in [4.69, 9.17) is 23.7 Å². The summed E-state index contributed by atoms with van der Waals surface area (Å²) in [6, 6.07) is 13.7. The Morgan fingerprint density at radius 3 is 2.84 bits per heavy atom. The van der Waals surface area contributed by atoms with Crippen LogP contribution in [0.4, 0.5) is 5.95 Å². The molecule has 0 saturated heterocycles. The summed E-state index contributed by atoms with van der Waals surface area (Å²) < 4.78 is 28.7. The van der Waals surface area contributed by atoms with Crippen molar-refractivity contribution in [2.24, 2.45) is 0 Å². The third-order valence-electron chi connectivity index (χ3n) is 5.98. The molecule has 0 radical (unpaired) electrons. The predicted octanol–water partition coefficient (Wildman–Crippen LogP) is 5.08. The second-order valence-electron chi connectivity index (χ2n) is 8.61. The summed E-state index contributed by atoms with van der Waals surface area (Å²) in [6.45, 7) is 0.155. The van der Waals surface area contributed by atoms with Crippen LogP contribution in [-0.2, 0) is 25.4 Å². The molecule has 6 rings (SSSR count). The summed E-state index contributed by atoms with van der Waals surface area (Å²) in [5, 5.41) is 11.6. The number of aromatic amines is 1. The Bertz CT molecular complexity index is 1440. The second-order valence-corrected chi connectivity index (χ2v) is 8.61. The Kier molecular flexibility index (Phi) is 6.75. The standard InChI is InChI=1S/C28H25N5O5/c1-3-8-19(9-4-1)14-22(24-16-35-18-36-24)38-27-21(12-7-13-29-27)26-31-28(33-32-26)30-25-17-34-15-23(37-25)20-10-5-2-6-11-20/h1-5,7-10,12-13,15-17,22H,6,11,14,18H2,(H2,30,31,32,33). The number of hydrogen-bond donors (Lipinski definition) is 2. The highest BCUT2D eigenvalue weighted by Gasteiger charge is 2.25. The molecule has 192 valence electrons. The molecule has 38 heavy (non-hydrogen) atoms. The van der Waals surface area contributed by atoms with Gasteiger partial charge in [0.2, 0.25) is 24.5 Å². The van der Waals surface area contributed by atoms with Gasteiger partial charge in [-0.05, 0) is 36.1 Å². The number of H-pyrrole nitrogens is 1. The lowest BCUT2D eigenvalue weighted by Crippen LogP contribution is -2.23. The minimum absolute atomic E-state index is 0.155. The number of nitrogens with one attached hydrogen (secondary N) is 2. The smallest absolute Gasteiger partial charge is 0.235 e. The van der Waals surface area contributed by atoms with E-state index in [1.165, 1.54) is 6.26 Å². The molecule has 2 N–H and O–H groups in total. The number of ether oxygens (including phenoxy) is 5. The van der Waals surface area contributed by atoms with Crippen LogP contribution in [-0.4, -0.2) is 33.1 Å². The average Bonchev–Trinajstić information content (AvgIpc) is 3.67. The number of aromatic nitrogens is 4. The second kappa shape index (κ2) is 11.0. The molecular formula is C28H25N5O5. The molecule has 0 bridgehead atoms. The van der Waals surface area contributed by atoms with Gasteiger partial charge in [0.1, 0.15) is 12.5 Å². The molecule has 1 atom stereocenters. The molecule has 1 unspecified atom stereocenters. The van der Waals surface area contributed by atoms with Gasteiger partial charge in [-0.3, -0.25) is 5.32 Å². The Hall–Kier alpha value is -4.99. The fourth-order valence-electron chi connectivity index (χ4n) is 4.13. The number of allylic oxidation sites excluding steroid dienone is 4. The normalized spacial score (nSPS) is 16.9. The molecule has 0 amide bonds. The molecule has 0 spiro atoms. The molecule has 1 aromatic carbocycles. The van der Waals surface area contributed by atoms with Crippen molar-refractivity contribution in [1.82, 2.24) is 20.2 Å². The highest BCUT2D eigenvalue weighted by atomic mass is 16.7. The van der Waals surface area contributed by atoms with Crippen molar-refractivity contribution in [2.75, 3.05) is 12.1 Å². The average molecular weight is 512 g/mol. The van der Waals surface area contributed by atoms with E-state index in [9.17, 15) is 0 Å². The van der Waals surface area contributed by atoms with Crippen LogP contribution in [0.2, 0.25) is 0 Å². The summed E-state index contributed by atoms with van der Waals surface area (Å²) in [7, 11) is 0. The molecule has 4 heterocycles. The summed E-state index contributed by atoms with van der Waals surface area (Å²) in [4.78, 5) is 7.62. The first kappa shape index (κ1) is 23.4. The lowest BCUT2D eigenvalue weighted by atomic mass is 10.0. The first-order valence-corrected chi connectivity index (χ1v) is 12.2. The molecule has 3 aliphatic rings. The van der Waals surface area contributed by atoms with Gasteiger partial charge in [-0.1, -0.05) is 48.6 Å². The first-order valence-electron chi connectivity index (χ1n) is 12.2. The van der Waals surface area contributed by atoms with E-state index in [1.54, 1.807) is 18.7 Å². The lowest BCUT2D eigenvalue weighted by molar-refractivity contribution is 0.0549. The van der Waals surface area contributed by atoms with Crippen LogP contribution in [0.3, 0.4) is 0 Å². The van der Waals surface area contributed by atoms with Crippen molar-refractivity contribution >= 4 is 5.95 Å². The van der Waals surface area contributed by atoms with E-state index in [-0.39, 0.29) is 6.79 Å².